The van der Waals surface area contributed by atoms with Crippen molar-refractivity contribution in [3.63, 3.8) is 0 Å². The number of amides is 1. The van der Waals surface area contributed by atoms with Gasteiger partial charge in [0, 0.05) is 18.6 Å². The number of tetrazole rings is 1. The molecule has 30 heavy (non-hydrogen) atoms. The molecule has 0 radical (unpaired) electrons. The van der Waals surface area contributed by atoms with Crippen molar-refractivity contribution in [3.8, 4) is 11.4 Å². The summed E-state index contributed by atoms with van der Waals surface area (Å²) < 4.78 is 42.0. The van der Waals surface area contributed by atoms with Crippen LogP contribution in [0.2, 0.25) is 5.02 Å². The van der Waals surface area contributed by atoms with Crippen LogP contribution in [-0.2, 0) is 11.3 Å². The quantitative estimate of drug-likeness (QED) is 0.500. The lowest BCUT2D eigenvalue weighted by Crippen LogP contribution is -2.27. The lowest BCUT2D eigenvalue weighted by atomic mass is 10.2. The summed E-state index contributed by atoms with van der Waals surface area (Å²) in [6, 6.07) is 12.3. The molecular weight excluding hydrogens is 443 g/mol. The van der Waals surface area contributed by atoms with Crippen LogP contribution in [-0.4, -0.2) is 50.2 Å². The highest BCUT2D eigenvalue weighted by molar-refractivity contribution is 7.99. The molecule has 2 aromatic carbocycles. The van der Waals surface area contributed by atoms with Gasteiger partial charge in [0.15, 0.2) is 0 Å². The third-order valence-corrected chi connectivity index (χ3v) is 4.95. The maximum atomic E-state index is 12.4. The van der Waals surface area contributed by atoms with Crippen LogP contribution in [0.4, 0.5) is 13.2 Å². The van der Waals surface area contributed by atoms with E-state index in [-0.39, 0.29) is 17.4 Å². The topological polar surface area (TPSA) is 73.1 Å². The van der Waals surface area contributed by atoms with Crippen LogP contribution < -0.4 is 4.74 Å². The molecule has 0 fully saturated rings. The molecule has 1 heterocycles. The van der Waals surface area contributed by atoms with E-state index in [1.807, 2.05) is 12.1 Å². The first-order valence-electron chi connectivity index (χ1n) is 8.47. The fraction of sp³-hybridized carbons (Fsp3) is 0.222. The minimum atomic E-state index is -4.77. The SMILES string of the molecule is CN(Cc1cccc(Cl)c1)C(=O)CSc1nnnn1-c1ccc(OC(F)(F)F)cc1. The van der Waals surface area contributed by atoms with E-state index in [4.69, 9.17) is 11.6 Å². The van der Waals surface area contributed by atoms with Gasteiger partial charge in [-0.2, -0.15) is 4.68 Å². The number of hydrogen-bond acceptors (Lipinski definition) is 6. The molecule has 0 aliphatic heterocycles. The average molecular weight is 458 g/mol. The lowest BCUT2D eigenvalue weighted by molar-refractivity contribution is -0.274. The maximum absolute atomic E-state index is 12.4. The van der Waals surface area contributed by atoms with E-state index in [1.54, 1.807) is 24.1 Å². The molecule has 0 saturated carbocycles. The summed E-state index contributed by atoms with van der Waals surface area (Å²) in [7, 11) is 1.67. The van der Waals surface area contributed by atoms with E-state index in [9.17, 15) is 18.0 Å². The van der Waals surface area contributed by atoms with Gasteiger partial charge in [0.1, 0.15) is 5.75 Å². The van der Waals surface area contributed by atoms with Crippen LogP contribution in [0, 0.1) is 0 Å². The van der Waals surface area contributed by atoms with Gasteiger partial charge >= 0.3 is 6.36 Å². The molecule has 1 amide bonds. The molecule has 7 nitrogen and oxygen atoms in total. The Labute approximate surface area is 178 Å². The predicted octanol–water partition coefficient (Wildman–Crippen LogP) is 3.97. The molecule has 12 heteroatoms. The number of carbonyl (C=O) groups excluding carboxylic acids is 1. The van der Waals surface area contributed by atoms with E-state index in [1.165, 1.54) is 16.8 Å². The summed E-state index contributed by atoms with van der Waals surface area (Å²) in [5, 5.41) is 12.2. The Kier molecular flexibility index (Phi) is 6.83. The first-order valence-corrected chi connectivity index (χ1v) is 9.83. The number of thioether (sulfide) groups is 1. The van der Waals surface area contributed by atoms with Crippen molar-refractivity contribution >= 4 is 29.3 Å². The number of rotatable bonds is 7. The first-order chi connectivity index (χ1) is 14.2. The normalized spacial score (nSPS) is 11.4. The average Bonchev–Trinajstić information content (AvgIpc) is 3.14. The number of aromatic nitrogens is 4. The summed E-state index contributed by atoms with van der Waals surface area (Å²) in [6.07, 6.45) is -4.77. The van der Waals surface area contributed by atoms with Crippen molar-refractivity contribution < 1.29 is 22.7 Å². The van der Waals surface area contributed by atoms with Crippen molar-refractivity contribution in [3.05, 3.63) is 59.1 Å². The molecule has 0 bridgehead atoms. The number of carbonyl (C=O) groups is 1. The summed E-state index contributed by atoms with van der Waals surface area (Å²) in [5.41, 5.74) is 1.33. The fourth-order valence-electron chi connectivity index (χ4n) is 2.45. The Morgan fingerprint density at radius 2 is 1.97 bits per heavy atom. The zero-order valence-electron chi connectivity index (χ0n) is 15.5. The van der Waals surface area contributed by atoms with E-state index in [0.717, 1.165) is 29.5 Å². The number of alkyl halides is 3. The summed E-state index contributed by atoms with van der Waals surface area (Å²) in [4.78, 5) is 14.0. The van der Waals surface area contributed by atoms with E-state index in [0.29, 0.717) is 22.4 Å². The third-order valence-electron chi connectivity index (χ3n) is 3.82. The molecule has 3 rings (SSSR count). The molecule has 0 N–H and O–H groups in total. The first kappa shape index (κ1) is 21.9. The Bertz CT molecular complexity index is 1010. The van der Waals surface area contributed by atoms with Crippen molar-refractivity contribution in [2.75, 3.05) is 12.8 Å². The maximum Gasteiger partial charge on any atom is 0.573 e. The molecular formula is C18H15ClF3N5O2S. The Morgan fingerprint density at radius 1 is 1.23 bits per heavy atom. The highest BCUT2D eigenvalue weighted by Crippen LogP contribution is 2.25. The second kappa shape index (κ2) is 9.35. The van der Waals surface area contributed by atoms with Crippen LogP contribution >= 0.6 is 23.4 Å². The van der Waals surface area contributed by atoms with E-state index in [2.05, 4.69) is 20.3 Å². The van der Waals surface area contributed by atoms with Crippen LogP contribution in [0.5, 0.6) is 5.75 Å². The van der Waals surface area contributed by atoms with Crippen molar-refractivity contribution in [1.82, 2.24) is 25.1 Å². The molecule has 0 aliphatic rings. The predicted molar refractivity (Wildman–Crippen MR) is 104 cm³/mol. The molecule has 3 aromatic rings. The number of halogens is 4. The summed E-state index contributed by atoms with van der Waals surface area (Å²) in [6.45, 7) is 0.394. The highest BCUT2D eigenvalue weighted by atomic mass is 35.5. The van der Waals surface area contributed by atoms with Gasteiger partial charge in [0.25, 0.3) is 0 Å². The molecule has 1 aromatic heterocycles. The Morgan fingerprint density at radius 3 is 2.63 bits per heavy atom. The van der Waals surface area contributed by atoms with Gasteiger partial charge in [-0.25, -0.2) is 0 Å². The fourth-order valence-corrected chi connectivity index (χ4v) is 3.50. The third kappa shape index (κ3) is 6.10. The minimum absolute atomic E-state index is 0.0761. The minimum Gasteiger partial charge on any atom is -0.406 e. The smallest absolute Gasteiger partial charge is 0.406 e. The van der Waals surface area contributed by atoms with Crippen molar-refractivity contribution in [2.45, 2.75) is 18.1 Å². The van der Waals surface area contributed by atoms with Crippen LogP contribution in [0.25, 0.3) is 5.69 Å². The number of benzene rings is 2. The van der Waals surface area contributed by atoms with Gasteiger partial charge in [0.2, 0.25) is 11.1 Å². The van der Waals surface area contributed by atoms with Crippen molar-refractivity contribution in [2.24, 2.45) is 0 Å². The van der Waals surface area contributed by atoms with Crippen LogP contribution in [0.3, 0.4) is 0 Å². The second-order valence-corrected chi connectivity index (χ2v) is 7.46. The number of nitrogens with zero attached hydrogens (tertiary/aromatic N) is 5. The van der Waals surface area contributed by atoms with Crippen LogP contribution in [0.15, 0.2) is 53.7 Å². The standard InChI is InChI=1S/C18H15ClF3N5O2S/c1-26(10-12-3-2-4-13(19)9-12)16(28)11-30-17-23-24-25-27(17)14-5-7-15(8-6-14)29-18(20,21)22/h2-9H,10-11H2,1H3. The van der Waals surface area contributed by atoms with Crippen LogP contribution in [0.1, 0.15) is 5.56 Å². The zero-order chi connectivity index (χ0) is 21.7. The molecule has 0 saturated heterocycles. The number of hydrogen-bond donors (Lipinski definition) is 0. The molecule has 0 aliphatic carbocycles. The van der Waals surface area contributed by atoms with E-state index >= 15 is 0 Å². The lowest BCUT2D eigenvalue weighted by Gasteiger charge is -2.17. The second-order valence-electron chi connectivity index (χ2n) is 6.08. The van der Waals surface area contributed by atoms with Gasteiger partial charge in [-0.3, -0.25) is 4.79 Å². The molecule has 0 spiro atoms. The highest BCUT2D eigenvalue weighted by Gasteiger charge is 2.31. The molecule has 158 valence electrons. The zero-order valence-corrected chi connectivity index (χ0v) is 17.1. The summed E-state index contributed by atoms with van der Waals surface area (Å²) in [5.74, 6) is -0.429. The van der Waals surface area contributed by atoms with Gasteiger partial charge in [0.05, 0.1) is 11.4 Å². The summed E-state index contributed by atoms with van der Waals surface area (Å²) >= 11 is 7.07. The molecule has 0 atom stereocenters. The Hall–Kier alpha value is -2.79. The monoisotopic (exact) mass is 457 g/mol. The number of ether oxygens (including phenoxy) is 1. The van der Waals surface area contributed by atoms with Gasteiger partial charge in [-0.05, 0) is 52.4 Å². The molecule has 0 unspecified atom stereocenters. The Balaban J connectivity index is 1.61. The van der Waals surface area contributed by atoms with Crippen molar-refractivity contribution in [1.29, 1.82) is 0 Å². The van der Waals surface area contributed by atoms with Gasteiger partial charge in [-0.15, -0.1) is 18.3 Å². The largest absolute Gasteiger partial charge is 0.573 e. The van der Waals surface area contributed by atoms with Gasteiger partial charge in [-0.1, -0.05) is 35.5 Å². The van der Waals surface area contributed by atoms with E-state index < -0.39 is 6.36 Å². The van der Waals surface area contributed by atoms with Gasteiger partial charge < -0.3 is 9.64 Å².